The Labute approximate surface area is 99.0 Å². The monoisotopic (exact) mass is 262 g/mol. The number of hydrogen-bond donors (Lipinski definition) is 1. The summed E-state index contributed by atoms with van der Waals surface area (Å²) in [5, 5.41) is 3.03. The molecule has 7 heteroatoms. The predicted molar refractivity (Wildman–Crippen MR) is 56.4 cm³/mol. The van der Waals surface area contributed by atoms with Crippen molar-refractivity contribution in [2.45, 2.75) is 6.18 Å². The Morgan fingerprint density at radius 3 is 2.41 bits per heavy atom. The van der Waals surface area contributed by atoms with E-state index in [1.54, 1.807) is 0 Å². The lowest BCUT2D eigenvalue weighted by Crippen LogP contribution is -2.05. The number of nitrogens with zero attached hydrogens (tertiary/aromatic N) is 1. The molecule has 0 saturated heterocycles. The number of halogens is 4. The fourth-order valence-corrected chi connectivity index (χ4v) is 1.61. The van der Waals surface area contributed by atoms with Gasteiger partial charge in [0.2, 0.25) is 0 Å². The summed E-state index contributed by atoms with van der Waals surface area (Å²) >= 11 is 5.56. The maximum absolute atomic E-state index is 12.4. The molecular formula is C10H6ClF3N2O. The van der Waals surface area contributed by atoms with E-state index in [1.165, 1.54) is 12.1 Å². The first-order valence-corrected chi connectivity index (χ1v) is 4.85. The Kier molecular flexibility index (Phi) is 2.74. The van der Waals surface area contributed by atoms with Gasteiger partial charge in [0.05, 0.1) is 10.6 Å². The Balaban J connectivity index is 2.44. The van der Waals surface area contributed by atoms with Gasteiger partial charge in [-0.1, -0.05) is 22.8 Å². The molecule has 0 unspecified atom stereocenters. The fourth-order valence-electron chi connectivity index (χ4n) is 1.32. The summed E-state index contributed by atoms with van der Waals surface area (Å²) in [5.74, 6) is 0.411. The van der Waals surface area contributed by atoms with Gasteiger partial charge in [-0.25, -0.2) is 0 Å². The summed E-state index contributed by atoms with van der Waals surface area (Å²) in [6, 6.07) is 4.69. The molecule has 0 amide bonds. The van der Waals surface area contributed by atoms with Gasteiger partial charge in [-0.2, -0.15) is 13.2 Å². The van der Waals surface area contributed by atoms with Crippen molar-refractivity contribution in [2.24, 2.45) is 0 Å². The minimum Gasteiger partial charge on any atom is -0.381 e. The van der Waals surface area contributed by atoms with E-state index in [0.29, 0.717) is 5.56 Å². The Hall–Kier alpha value is -1.69. The van der Waals surface area contributed by atoms with E-state index < -0.39 is 16.8 Å². The Morgan fingerprint density at radius 1 is 1.24 bits per heavy atom. The van der Waals surface area contributed by atoms with Gasteiger partial charge in [0.1, 0.15) is 0 Å². The molecule has 0 spiro atoms. The molecule has 1 heterocycles. The molecule has 1 aromatic carbocycles. The van der Waals surface area contributed by atoms with Crippen LogP contribution < -0.4 is 5.73 Å². The van der Waals surface area contributed by atoms with E-state index in [1.807, 2.05) is 0 Å². The van der Waals surface area contributed by atoms with Crippen molar-refractivity contribution in [3.8, 4) is 11.3 Å². The van der Waals surface area contributed by atoms with Gasteiger partial charge in [0.25, 0.3) is 0 Å². The first-order chi connectivity index (χ1) is 7.88. The normalized spacial score (nSPS) is 11.8. The maximum atomic E-state index is 12.4. The summed E-state index contributed by atoms with van der Waals surface area (Å²) in [5.41, 5.74) is 4.82. The van der Waals surface area contributed by atoms with Gasteiger partial charge in [-0.15, -0.1) is 0 Å². The summed E-state index contributed by atoms with van der Waals surface area (Å²) in [6.45, 7) is 0. The van der Waals surface area contributed by atoms with Gasteiger partial charge in [-0.05, 0) is 12.1 Å². The highest BCUT2D eigenvalue weighted by molar-refractivity contribution is 6.31. The van der Waals surface area contributed by atoms with E-state index in [0.717, 1.165) is 12.1 Å². The zero-order valence-electron chi connectivity index (χ0n) is 8.25. The maximum Gasteiger partial charge on any atom is 0.417 e. The van der Waals surface area contributed by atoms with E-state index in [4.69, 9.17) is 21.9 Å². The van der Waals surface area contributed by atoms with Gasteiger partial charge in [0, 0.05) is 11.6 Å². The third-order valence-corrected chi connectivity index (χ3v) is 2.40. The van der Waals surface area contributed by atoms with Crippen LogP contribution in [0.1, 0.15) is 5.56 Å². The van der Waals surface area contributed by atoms with Crippen LogP contribution in [0, 0.1) is 0 Å². The highest BCUT2D eigenvalue weighted by Crippen LogP contribution is 2.36. The Bertz CT molecular complexity index is 551. The third-order valence-electron chi connectivity index (χ3n) is 2.09. The topological polar surface area (TPSA) is 52.0 Å². The second-order valence-electron chi connectivity index (χ2n) is 3.31. The molecule has 2 rings (SSSR count). The lowest BCUT2D eigenvalue weighted by atomic mass is 10.1. The number of nitrogens with two attached hydrogens (primary N) is 1. The fraction of sp³-hybridized carbons (Fsp3) is 0.100. The lowest BCUT2D eigenvalue weighted by Gasteiger charge is -2.09. The number of nitrogen functional groups attached to an aromatic ring is 1. The van der Waals surface area contributed by atoms with Crippen LogP contribution in [0.4, 0.5) is 19.0 Å². The molecule has 17 heavy (non-hydrogen) atoms. The molecule has 0 bridgehead atoms. The molecule has 2 N–H and O–H groups in total. The average Bonchev–Trinajstić information content (AvgIpc) is 2.62. The van der Waals surface area contributed by atoms with Gasteiger partial charge in [-0.3, -0.25) is 0 Å². The van der Waals surface area contributed by atoms with Gasteiger partial charge in [0.15, 0.2) is 11.6 Å². The molecule has 0 aliphatic heterocycles. The summed E-state index contributed by atoms with van der Waals surface area (Å²) in [6.07, 6.45) is -4.48. The second kappa shape index (κ2) is 3.96. The molecule has 1 aromatic heterocycles. The van der Waals surface area contributed by atoms with Crippen LogP contribution in [-0.4, -0.2) is 5.16 Å². The molecule has 0 fully saturated rings. The molecule has 2 aromatic rings. The smallest absolute Gasteiger partial charge is 0.381 e. The van der Waals surface area contributed by atoms with Crippen LogP contribution in [0.3, 0.4) is 0 Å². The SMILES string of the molecule is Nc1cc(-c2ccc(C(F)(F)F)c(Cl)c2)on1. The highest BCUT2D eigenvalue weighted by Gasteiger charge is 2.33. The van der Waals surface area contributed by atoms with Crippen molar-refractivity contribution < 1.29 is 17.7 Å². The number of benzene rings is 1. The van der Waals surface area contributed by atoms with Crippen molar-refractivity contribution >= 4 is 17.4 Å². The van der Waals surface area contributed by atoms with Crippen molar-refractivity contribution in [1.82, 2.24) is 5.16 Å². The number of rotatable bonds is 1. The van der Waals surface area contributed by atoms with E-state index in [-0.39, 0.29) is 11.6 Å². The van der Waals surface area contributed by atoms with Crippen molar-refractivity contribution in [2.75, 3.05) is 5.73 Å². The zero-order valence-corrected chi connectivity index (χ0v) is 9.01. The number of aromatic nitrogens is 1. The van der Waals surface area contributed by atoms with Gasteiger partial charge < -0.3 is 10.3 Å². The minimum absolute atomic E-state index is 0.149. The van der Waals surface area contributed by atoms with E-state index in [9.17, 15) is 13.2 Å². The molecule has 0 atom stereocenters. The van der Waals surface area contributed by atoms with Crippen LogP contribution in [0.5, 0.6) is 0 Å². The quantitative estimate of drug-likeness (QED) is 0.854. The van der Waals surface area contributed by atoms with Crippen molar-refractivity contribution in [3.05, 3.63) is 34.9 Å². The molecule has 0 radical (unpaired) electrons. The van der Waals surface area contributed by atoms with Crippen LogP contribution >= 0.6 is 11.6 Å². The average molecular weight is 263 g/mol. The second-order valence-corrected chi connectivity index (χ2v) is 3.72. The first-order valence-electron chi connectivity index (χ1n) is 4.47. The molecule has 0 aliphatic carbocycles. The lowest BCUT2D eigenvalue weighted by molar-refractivity contribution is -0.137. The molecular weight excluding hydrogens is 257 g/mol. The highest BCUT2D eigenvalue weighted by atomic mass is 35.5. The van der Waals surface area contributed by atoms with Gasteiger partial charge >= 0.3 is 6.18 Å². The number of alkyl halides is 3. The van der Waals surface area contributed by atoms with Crippen LogP contribution in [0.15, 0.2) is 28.8 Å². The van der Waals surface area contributed by atoms with Crippen LogP contribution in [0.25, 0.3) is 11.3 Å². The standard InChI is InChI=1S/C10H6ClF3N2O/c11-7-3-5(8-4-9(15)16-17-8)1-2-6(7)10(12,13)14/h1-4H,(H2,15,16). The zero-order chi connectivity index (χ0) is 12.6. The molecule has 0 aliphatic rings. The first kappa shape index (κ1) is 11.8. The Morgan fingerprint density at radius 2 is 1.94 bits per heavy atom. The van der Waals surface area contributed by atoms with Crippen molar-refractivity contribution in [1.29, 1.82) is 0 Å². The molecule has 3 nitrogen and oxygen atoms in total. The van der Waals surface area contributed by atoms with E-state index in [2.05, 4.69) is 5.16 Å². The summed E-state index contributed by atoms with van der Waals surface area (Å²) in [4.78, 5) is 0. The molecule has 0 saturated carbocycles. The summed E-state index contributed by atoms with van der Waals surface area (Å²) < 4.78 is 42.2. The minimum atomic E-state index is -4.48. The van der Waals surface area contributed by atoms with Crippen LogP contribution in [0.2, 0.25) is 5.02 Å². The van der Waals surface area contributed by atoms with Crippen molar-refractivity contribution in [3.63, 3.8) is 0 Å². The third kappa shape index (κ3) is 2.36. The number of hydrogen-bond acceptors (Lipinski definition) is 3. The van der Waals surface area contributed by atoms with E-state index >= 15 is 0 Å². The van der Waals surface area contributed by atoms with Crippen LogP contribution in [-0.2, 0) is 6.18 Å². The number of anilines is 1. The summed E-state index contributed by atoms with van der Waals surface area (Å²) in [7, 11) is 0. The molecule has 90 valence electrons. The predicted octanol–water partition coefficient (Wildman–Crippen LogP) is 3.60. The largest absolute Gasteiger partial charge is 0.417 e.